The van der Waals surface area contributed by atoms with E-state index < -0.39 is 0 Å². The van der Waals surface area contributed by atoms with Gasteiger partial charge in [-0.15, -0.1) is 11.3 Å². The van der Waals surface area contributed by atoms with Crippen LogP contribution in [0.15, 0.2) is 48.5 Å². The van der Waals surface area contributed by atoms with E-state index in [0.717, 1.165) is 27.4 Å². The number of benzene rings is 2. The molecule has 0 saturated carbocycles. The largest absolute Gasteiger partial charge is 0.494 e. The van der Waals surface area contributed by atoms with Gasteiger partial charge in [-0.25, -0.2) is 4.98 Å². The van der Waals surface area contributed by atoms with Gasteiger partial charge in [0, 0.05) is 10.4 Å². The fourth-order valence-corrected chi connectivity index (χ4v) is 3.50. The molecular formula is C21H22N2O2S. The van der Waals surface area contributed by atoms with Crippen LogP contribution in [-0.2, 0) is 11.2 Å². The van der Waals surface area contributed by atoms with E-state index in [-0.39, 0.29) is 5.91 Å². The number of carbonyl (C=O) groups excluding carboxylic acids is 1. The molecule has 1 amide bonds. The summed E-state index contributed by atoms with van der Waals surface area (Å²) in [5, 5.41) is 3.54. The smallest absolute Gasteiger partial charge is 0.230 e. The summed E-state index contributed by atoms with van der Waals surface area (Å²) in [6.07, 6.45) is 0.345. The molecule has 0 spiro atoms. The van der Waals surface area contributed by atoms with Crippen LogP contribution in [-0.4, -0.2) is 17.5 Å². The van der Waals surface area contributed by atoms with Crippen molar-refractivity contribution in [1.29, 1.82) is 0 Å². The summed E-state index contributed by atoms with van der Waals surface area (Å²) in [4.78, 5) is 17.9. The van der Waals surface area contributed by atoms with Crippen molar-refractivity contribution in [3.63, 3.8) is 0 Å². The average Bonchev–Trinajstić information content (AvgIpc) is 2.98. The molecule has 1 heterocycles. The number of hydrogen-bond donors (Lipinski definition) is 1. The number of amides is 1. The molecule has 0 aliphatic carbocycles. The zero-order valence-electron chi connectivity index (χ0n) is 15.2. The maximum Gasteiger partial charge on any atom is 0.230 e. The van der Waals surface area contributed by atoms with Crippen LogP contribution in [0.3, 0.4) is 0 Å². The van der Waals surface area contributed by atoms with Crippen molar-refractivity contribution < 1.29 is 9.53 Å². The number of carbonyl (C=O) groups is 1. The summed E-state index contributed by atoms with van der Waals surface area (Å²) < 4.78 is 5.47. The van der Waals surface area contributed by atoms with Gasteiger partial charge in [-0.2, -0.15) is 0 Å². The number of aromatic nitrogens is 1. The quantitative estimate of drug-likeness (QED) is 0.667. The van der Waals surface area contributed by atoms with E-state index >= 15 is 0 Å². The Hall–Kier alpha value is -2.66. The SMILES string of the molecule is CCOc1ccc(-c2nc(NC(=O)Cc3ccc(C)cc3)sc2C)cc1. The molecule has 0 aliphatic rings. The fraction of sp³-hybridized carbons (Fsp3) is 0.238. The molecule has 0 saturated heterocycles. The maximum atomic E-state index is 12.3. The van der Waals surface area contributed by atoms with E-state index in [0.29, 0.717) is 18.2 Å². The third-order valence-electron chi connectivity index (χ3n) is 3.97. The second kappa shape index (κ2) is 8.15. The number of anilines is 1. The number of hydrogen-bond acceptors (Lipinski definition) is 4. The predicted molar refractivity (Wildman–Crippen MR) is 107 cm³/mol. The van der Waals surface area contributed by atoms with E-state index in [1.807, 2.05) is 69.3 Å². The predicted octanol–water partition coefficient (Wildman–Crippen LogP) is 5.01. The zero-order chi connectivity index (χ0) is 18.5. The van der Waals surface area contributed by atoms with Crippen LogP contribution in [0.1, 0.15) is 22.9 Å². The molecule has 134 valence electrons. The van der Waals surface area contributed by atoms with Crippen LogP contribution in [0.5, 0.6) is 5.75 Å². The molecule has 0 radical (unpaired) electrons. The highest BCUT2D eigenvalue weighted by Gasteiger charge is 2.12. The second-order valence-electron chi connectivity index (χ2n) is 6.09. The summed E-state index contributed by atoms with van der Waals surface area (Å²) in [7, 11) is 0. The first-order valence-corrected chi connectivity index (χ1v) is 9.43. The molecule has 26 heavy (non-hydrogen) atoms. The third-order valence-corrected chi connectivity index (χ3v) is 4.85. The Balaban J connectivity index is 1.69. The van der Waals surface area contributed by atoms with Crippen molar-refractivity contribution in [2.45, 2.75) is 27.2 Å². The molecular weight excluding hydrogens is 344 g/mol. The minimum Gasteiger partial charge on any atom is -0.494 e. The standard InChI is InChI=1S/C21H22N2O2S/c1-4-25-18-11-9-17(10-12-18)20-15(3)26-21(23-20)22-19(24)13-16-7-5-14(2)6-8-16/h5-12H,4,13H2,1-3H3,(H,22,23,24). The Morgan fingerprint density at radius 1 is 1.08 bits per heavy atom. The van der Waals surface area contributed by atoms with Crippen LogP contribution >= 0.6 is 11.3 Å². The Morgan fingerprint density at radius 3 is 2.42 bits per heavy atom. The Kier molecular flexibility index (Phi) is 5.68. The van der Waals surface area contributed by atoms with E-state index in [9.17, 15) is 4.79 Å². The molecule has 1 aromatic heterocycles. The topological polar surface area (TPSA) is 51.2 Å². The summed E-state index contributed by atoms with van der Waals surface area (Å²) >= 11 is 1.49. The highest BCUT2D eigenvalue weighted by molar-refractivity contribution is 7.16. The molecule has 0 atom stereocenters. The molecule has 0 bridgehead atoms. The normalized spacial score (nSPS) is 10.6. The average molecular weight is 366 g/mol. The lowest BCUT2D eigenvalue weighted by Crippen LogP contribution is -2.14. The first kappa shape index (κ1) is 18.1. The van der Waals surface area contributed by atoms with Gasteiger partial charge in [-0.3, -0.25) is 4.79 Å². The highest BCUT2D eigenvalue weighted by atomic mass is 32.1. The summed E-state index contributed by atoms with van der Waals surface area (Å²) in [5.41, 5.74) is 4.09. The fourth-order valence-electron chi connectivity index (χ4n) is 2.65. The minimum atomic E-state index is -0.0548. The number of aryl methyl sites for hydroxylation is 2. The van der Waals surface area contributed by atoms with Gasteiger partial charge in [0.1, 0.15) is 5.75 Å². The summed E-state index contributed by atoms with van der Waals surface area (Å²) in [6.45, 7) is 6.65. The highest BCUT2D eigenvalue weighted by Crippen LogP contribution is 2.31. The van der Waals surface area contributed by atoms with Crippen LogP contribution in [0.25, 0.3) is 11.3 Å². The summed E-state index contributed by atoms with van der Waals surface area (Å²) in [6, 6.07) is 15.8. The Bertz CT molecular complexity index is 883. The lowest BCUT2D eigenvalue weighted by Gasteiger charge is -2.04. The maximum absolute atomic E-state index is 12.3. The molecule has 0 fully saturated rings. The minimum absolute atomic E-state index is 0.0548. The van der Waals surface area contributed by atoms with E-state index in [1.165, 1.54) is 16.9 Å². The van der Waals surface area contributed by atoms with Crippen molar-refractivity contribution in [3.8, 4) is 17.0 Å². The number of nitrogens with zero attached hydrogens (tertiary/aromatic N) is 1. The third kappa shape index (κ3) is 4.49. The van der Waals surface area contributed by atoms with Crippen LogP contribution in [0.4, 0.5) is 5.13 Å². The van der Waals surface area contributed by atoms with E-state index in [1.54, 1.807) is 0 Å². The van der Waals surface area contributed by atoms with Gasteiger partial charge >= 0.3 is 0 Å². The van der Waals surface area contributed by atoms with E-state index in [4.69, 9.17) is 4.74 Å². The molecule has 0 unspecified atom stereocenters. The van der Waals surface area contributed by atoms with Gasteiger partial charge in [0.15, 0.2) is 5.13 Å². The summed E-state index contributed by atoms with van der Waals surface area (Å²) in [5.74, 6) is 0.789. The molecule has 3 rings (SSSR count). The first-order chi connectivity index (χ1) is 12.5. The van der Waals surface area contributed by atoms with Gasteiger partial charge in [-0.05, 0) is 50.6 Å². The van der Waals surface area contributed by atoms with Crippen molar-refractivity contribution in [1.82, 2.24) is 4.98 Å². The Labute approximate surface area is 157 Å². The van der Waals surface area contributed by atoms with E-state index in [2.05, 4.69) is 10.3 Å². The van der Waals surface area contributed by atoms with Crippen LogP contribution in [0.2, 0.25) is 0 Å². The lowest BCUT2D eigenvalue weighted by molar-refractivity contribution is -0.115. The van der Waals surface area contributed by atoms with Gasteiger partial charge in [0.2, 0.25) is 5.91 Å². The molecule has 1 N–H and O–H groups in total. The number of ether oxygens (including phenoxy) is 1. The second-order valence-corrected chi connectivity index (χ2v) is 7.29. The van der Waals surface area contributed by atoms with Gasteiger partial charge in [0.25, 0.3) is 0 Å². The van der Waals surface area contributed by atoms with Crippen molar-refractivity contribution in [2.24, 2.45) is 0 Å². The van der Waals surface area contributed by atoms with Crippen molar-refractivity contribution >= 4 is 22.4 Å². The van der Waals surface area contributed by atoms with Gasteiger partial charge in [-0.1, -0.05) is 29.8 Å². The van der Waals surface area contributed by atoms with Crippen molar-refractivity contribution in [2.75, 3.05) is 11.9 Å². The zero-order valence-corrected chi connectivity index (χ0v) is 16.0. The Morgan fingerprint density at radius 2 is 1.77 bits per heavy atom. The monoisotopic (exact) mass is 366 g/mol. The number of rotatable bonds is 6. The lowest BCUT2D eigenvalue weighted by atomic mass is 10.1. The van der Waals surface area contributed by atoms with Gasteiger partial charge < -0.3 is 10.1 Å². The number of thiazole rings is 1. The molecule has 5 heteroatoms. The molecule has 0 aliphatic heterocycles. The molecule has 3 aromatic rings. The van der Waals surface area contributed by atoms with Crippen LogP contribution < -0.4 is 10.1 Å². The number of nitrogens with one attached hydrogen (secondary N) is 1. The molecule has 4 nitrogen and oxygen atoms in total. The first-order valence-electron chi connectivity index (χ1n) is 8.61. The van der Waals surface area contributed by atoms with Crippen molar-refractivity contribution in [3.05, 3.63) is 64.5 Å². The molecule has 2 aromatic carbocycles. The van der Waals surface area contributed by atoms with Gasteiger partial charge in [0.05, 0.1) is 18.7 Å². The van der Waals surface area contributed by atoms with Crippen LogP contribution in [0, 0.1) is 13.8 Å².